The Kier molecular flexibility index (Phi) is 8.76. The summed E-state index contributed by atoms with van der Waals surface area (Å²) in [6.45, 7) is 6.68. The van der Waals surface area contributed by atoms with E-state index in [1.165, 1.54) is 28.7 Å². The van der Waals surface area contributed by atoms with Crippen molar-refractivity contribution >= 4 is 21.4 Å². The fraction of sp³-hybridized carbons (Fsp3) is 0.586. The van der Waals surface area contributed by atoms with Gasteiger partial charge in [0.1, 0.15) is 0 Å². The van der Waals surface area contributed by atoms with Crippen molar-refractivity contribution in [2.75, 3.05) is 24.6 Å². The Balaban J connectivity index is 1.48. The largest absolute Gasteiger partial charge is 0.300 e. The highest BCUT2D eigenvalue weighted by Crippen LogP contribution is 2.38. The van der Waals surface area contributed by atoms with Crippen LogP contribution in [0.3, 0.4) is 0 Å². The number of unbranched alkanes of at least 4 members (excludes halogenated alkanes) is 1. The minimum atomic E-state index is -2.87. The fourth-order valence-electron chi connectivity index (χ4n) is 5.71. The van der Waals surface area contributed by atoms with Gasteiger partial charge in [0.05, 0.1) is 11.5 Å². The Bertz CT molecular complexity index is 1040. The van der Waals surface area contributed by atoms with Crippen molar-refractivity contribution < 1.29 is 8.42 Å². The molecule has 4 rings (SSSR count). The first-order valence-electron chi connectivity index (χ1n) is 13.2. The zero-order valence-corrected chi connectivity index (χ0v) is 22.4. The summed E-state index contributed by atoms with van der Waals surface area (Å²) < 4.78 is 24.5. The van der Waals surface area contributed by atoms with E-state index in [-0.39, 0.29) is 0 Å². The van der Waals surface area contributed by atoms with Crippen molar-refractivity contribution in [1.29, 1.82) is 0 Å². The molecule has 34 heavy (non-hydrogen) atoms. The molecule has 0 N–H and O–H groups in total. The van der Waals surface area contributed by atoms with E-state index in [1.54, 1.807) is 0 Å². The van der Waals surface area contributed by atoms with Gasteiger partial charge in [-0.15, -0.1) is 0 Å². The molecule has 2 aliphatic rings. The molecule has 0 aromatic heterocycles. The molecule has 0 saturated heterocycles. The van der Waals surface area contributed by atoms with Gasteiger partial charge in [-0.3, -0.25) is 0 Å². The summed E-state index contributed by atoms with van der Waals surface area (Å²) in [5.41, 5.74) is 5.67. The predicted octanol–water partition coefficient (Wildman–Crippen LogP) is 6.47. The van der Waals surface area contributed by atoms with Gasteiger partial charge in [0, 0.05) is 17.0 Å². The quantitative estimate of drug-likeness (QED) is 0.313. The maximum absolute atomic E-state index is 12.3. The van der Waals surface area contributed by atoms with Crippen LogP contribution < -0.4 is 0 Å². The molecule has 186 valence electrons. The Morgan fingerprint density at radius 1 is 0.941 bits per heavy atom. The van der Waals surface area contributed by atoms with Gasteiger partial charge in [-0.25, -0.2) is 8.42 Å². The van der Waals surface area contributed by atoms with Crippen molar-refractivity contribution in [2.24, 2.45) is 5.92 Å². The van der Waals surface area contributed by atoms with Crippen LogP contribution in [0.25, 0.3) is 0 Å². The maximum atomic E-state index is 12.3. The van der Waals surface area contributed by atoms with Crippen molar-refractivity contribution in [1.82, 2.24) is 4.90 Å². The lowest BCUT2D eigenvalue weighted by Crippen LogP contribution is -2.43. The number of rotatable bonds is 12. The summed E-state index contributed by atoms with van der Waals surface area (Å²) >= 11 is 6.15. The molecule has 3 nitrogen and oxygen atoms in total. The van der Waals surface area contributed by atoms with E-state index >= 15 is 0 Å². The monoisotopic (exact) mass is 501 g/mol. The van der Waals surface area contributed by atoms with E-state index in [0.29, 0.717) is 29.4 Å². The van der Waals surface area contributed by atoms with Gasteiger partial charge in [0.25, 0.3) is 0 Å². The average Bonchev–Trinajstić information content (AvgIpc) is 3.63. The number of nitrogens with zero attached hydrogens (tertiary/aromatic N) is 1. The van der Waals surface area contributed by atoms with Crippen LogP contribution in [0.1, 0.15) is 74.1 Å². The zero-order chi connectivity index (χ0) is 24.1. The number of hydrogen-bond donors (Lipinski definition) is 0. The smallest absolute Gasteiger partial charge is 0.150 e. The molecule has 2 aromatic rings. The molecular weight excluding hydrogens is 462 g/mol. The SMILES string of the molecule is CCN(CC)C1CCc2ccc(CCCCS(=O)(=O)CC3CC3)cc2C1Cc1ccc(Cl)cc1. The Hall–Kier alpha value is -1.36. The molecule has 1 fully saturated rings. The molecular formula is C29H40ClNO2S. The van der Waals surface area contributed by atoms with Gasteiger partial charge < -0.3 is 4.90 Å². The molecule has 0 bridgehead atoms. The molecule has 0 radical (unpaired) electrons. The van der Waals surface area contributed by atoms with Gasteiger partial charge >= 0.3 is 0 Å². The lowest BCUT2D eigenvalue weighted by atomic mass is 9.75. The molecule has 0 heterocycles. The third-order valence-electron chi connectivity index (χ3n) is 7.79. The fourth-order valence-corrected chi connectivity index (χ4v) is 7.70. The normalized spacial score (nSPS) is 20.5. The summed E-state index contributed by atoms with van der Waals surface area (Å²) in [5.74, 6) is 1.66. The van der Waals surface area contributed by atoms with Crippen LogP contribution in [0.4, 0.5) is 0 Å². The van der Waals surface area contributed by atoms with Crippen LogP contribution in [0.15, 0.2) is 42.5 Å². The average molecular weight is 502 g/mol. The number of benzene rings is 2. The van der Waals surface area contributed by atoms with Crippen molar-refractivity contribution in [3.63, 3.8) is 0 Å². The second-order valence-electron chi connectivity index (χ2n) is 10.3. The maximum Gasteiger partial charge on any atom is 0.150 e. The summed E-state index contributed by atoms with van der Waals surface area (Å²) in [6, 6.07) is 15.9. The third-order valence-corrected chi connectivity index (χ3v) is 9.93. The molecule has 5 heteroatoms. The van der Waals surface area contributed by atoms with Gasteiger partial charge in [0.2, 0.25) is 0 Å². The van der Waals surface area contributed by atoms with Gasteiger partial charge in [0.15, 0.2) is 9.84 Å². The number of hydrogen-bond acceptors (Lipinski definition) is 3. The van der Waals surface area contributed by atoms with Crippen LogP contribution in [-0.2, 0) is 29.1 Å². The van der Waals surface area contributed by atoms with Crippen LogP contribution in [0, 0.1) is 5.92 Å². The summed E-state index contributed by atoms with van der Waals surface area (Å²) in [7, 11) is -2.87. The van der Waals surface area contributed by atoms with E-state index in [4.69, 9.17) is 11.6 Å². The van der Waals surface area contributed by atoms with E-state index in [0.717, 1.165) is 63.1 Å². The van der Waals surface area contributed by atoms with Crippen molar-refractivity contribution in [3.05, 3.63) is 69.7 Å². The number of fused-ring (bicyclic) bond motifs is 1. The highest BCUT2D eigenvalue weighted by Gasteiger charge is 2.33. The van der Waals surface area contributed by atoms with Crippen LogP contribution in [0.5, 0.6) is 0 Å². The molecule has 0 spiro atoms. The molecule has 0 aliphatic heterocycles. The highest BCUT2D eigenvalue weighted by atomic mass is 35.5. The molecule has 1 saturated carbocycles. The topological polar surface area (TPSA) is 37.4 Å². The molecule has 2 aromatic carbocycles. The Morgan fingerprint density at radius 2 is 1.65 bits per heavy atom. The molecule has 2 aliphatic carbocycles. The zero-order valence-electron chi connectivity index (χ0n) is 20.8. The van der Waals surface area contributed by atoms with Crippen LogP contribution in [-0.4, -0.2) is 44.0 Å². The summed E-state index contributed by atoms with van der Waals surface area (Å²) in [5, 5.41) is 0.787. The van der Waals surface area contributed by atoms with Gasteiger partial charge in [-0.05, 0) is 105 Å². The second kappa shape index (κ2) is 11.6. The lowest BCUT2D eigenvalue weighted by Gasteiger charge is -2.41. The number of likely N-dealkylation sites (N-methyl/N-ethyl adjacent to an activating group) is 1. The molecule has 2 unspecified atom stereocenters. The van der Waals surface area contributed by atoms with E-state index in [2.05, 4.69) is 49.1 Å². The molecule has 2 atom stereocenters. The van der Waals surface area contributed by atoms with Gasteiger partial charge in [-0.2, -0.15) is 0 Å². The van der Waals surface area contributed by atoms with E-state index in [1.807, 2.05) is 12.1 Å². The highest BCUT2D eigenvalue weighted by molar-refractivity contribution is 7.91. The van der Waals surface area contributed by atoms with E-state index in [9.17, 15) is 8.42 Å². The molecule has 0 amide bonds. The first kappa shape index (κ1) is 25.7. The van der Waals surface area contributed by atoms with E-state index < -0.39 is 9.84 Å². The predicted molar refractivity (Wildman–Crippen MR) is 144 cm³/mol. The first-order valence-corrected chi connectivity index (χ1v) is 15.4. The second-order valence-corrected chi connectivity index (χ2v) is 13.0. The number of aryl methyl sites for hydroxylation is 2. The summed E-state index contributed by atoms with van der Waals surface area (Å²) in [6.07, 6.45) is 8.20. The van der Waals surface area contributed by atoms with Crippen LogP contribution >= 0.6 is 11.6 Å². The minimum Gasteiger partial charge on any atom is -0.300 e. The van der Waals surface area contributed by atoms with Crippen molar-refractivity contribution in [3.8, 4) is 0 Å². The number of halogens is 1. The summed E-state index contributed by atoms with van der Waals surface area (Å²) in [4.78, 5) is 2.63. The Morgan fingerprint density at radius 3 is 2.32 bits per heavy atom. The van der Waals surface area contributed by atoms with Gasteiger partial charge in [-0.1, -0.05) is 55.8 Å². The first-order chi connectivity index (χ1) is 16.4. The lowest BCUT2D eigenvalue weighted by molar-refractivity contribution is 0.168. The standard InChI is InChI=1S/C29H40ClNO2S/c1-3-31(4-2)29-17-14-25-13-10-22(7-5-6-18-34(32,33)21-24-8-9-24)19-27(25)28(29)20-23-11-15-26(30)16-12-23/h10-13,15-16,19,24,28-29H,3-9,14,17-18,20-21H2,1-2H3. The van der Waals surface area contributed by atoms with Crippen LogP contribution in [0.2, 0.25) is 5.02 Å². The third kappa shape index (κ3) is 6.86. The Labute approximate surface area is 211 Å². The minimum absolute atomic E-state index is 0.345. The van der Waals surface area contributed by atoms with Crippen molar-refractivity contribution in [2.45, 2.75) is 77.2 Å². The number of sulfone groups is 1.